The quantitative estimate of drug-likeness (QED) is 0.505. The molecule has 3 atom stereocenters. The third-order valence-corrected chi connectivity index (χ3v) is 8.30. The Morgan fingerprint density at radius 3 is 2.42 bits per heavy atom. The first-order valence-electron chi connectivity index (χ1n) is 10.7. The van der Waals surface area contributed by atoms with Crippen molar-refractivity contribution in [1.82, 2.24) is 9.62 Å². The third kappa shape index (κ3) is 5.52. The van der Waals surface area contributed by atoms with Gasteiger partial charge in [-0.15, -0.1) is 11.8 Å². The van der Waals surface area contributed by atoms with Crippen LogP contribution in [0.25, 0.3) is 11.1 Å². The molecule has 0 aromatic heterocycles. The number of aliphatic hydroxyl groups excluding tert-OH is 1. The van der Waals surface area contributed by atoms with Crippen LogP contribution in [-0.2, 0) is 15.8 Å². The molecule has 1 heterocycles. The third-order valence-electron chi connectivity index (χ3n) is 5.46. The van der Waals surface area contributed by atoms with Gasteiger partial charge < -0.3 is 10.4 Å². The lowest BCUT2D eigenvalue weighted by molar-refractivity contribution is -0.122. The van der Waals surface area contributed by atoms with Crippen molar-refractivity contribution in [3.05, 3.63) is 90.2 Å². The van der Waals surface area contributed by atoms with Gasteiger partial charge in [-0.2, -0.15) is 4.31 Å². The van der Waals surface area contributed by atoms with E-state index in [0.717, 1.165) is 11.1 Å². The maximum absolute atomic E-state index is 14.3. The van der Waals surface area contributed by atoms with Crippen molar-refractivity contribution in [3.63, 3.8) is 0 Å². The summed E-state index contributed by atoms with van der Waals surface area (Å²) in [5.41, 5.74) is 2.43. The second kappa shape index (κ2) is 11.1. The summed E-state index contributed by atoms with van der Waals surface area (Å²) in [4.78, 5) is 13.7. The fourth-order valence-corrected chi connectivity index (χ4v) is 6.51. The van der Waals surface area contributed by atoms with Gasteiger partial charge in [-0.1, -0.05) is 60.7 Å². The molecule has 3 aromatic carbocycles. The summed E-state index contributed by atoms with van der Waals surface area (Å²) in [5, 5.41) is 11.6. The first-order chi connectivity index (χ1) is 16.1. The average Bonchev–Trinajstić information content (AvgIpc) is 3.34. The molecule has 0 radical (unpaired) electrons. The molecule has 0 spiro atoms. The molecule has 0 bridgehead atoms. The van der Waals surface area contributed by atoms with Crippen molar-refractivity contribution < 1.29 is 18.5 Å². The molecule has 3 aromatic rings. The molecule has 4 rings (SSSR count). The van der Waals surface area contributed by atoms with Crippen molar-refractivity contribution in [2.75, 3.05) is 18.9 Å². The Morgan fingerprint density at radius 2 is 1.73 bits per heavy atom. The van der Waals surface area contributed by atoms with Crippen LogP contribution >= 0.6 is 11.8 Å². The van der Waals surface area contributed by atoms with E-state index >= 15 is 0 Å². The lowest BCUT2D eigenvalue weighted by Gasteiger charge is -2.25. The zero-order valence-corrected chi connectivity index (χ0v) is 19.5. The summed E-state index contributed by atoms with van der Waals surface area (Å²) >= 11 is 1.41. The number of amides is 1. The van der Waals surface area contributed by atoms with Gasteiger partial charge in [0.05, 0.1) is 10.9 Å². The predicted molar refractivity (Wildman–Crippen MR) is 130 cm³/mol. The number of carbonyl (C=O) groups is 1. The molecular formula is C25H25FN2O3S2. The van der Waals surface area contributed by atoms with E-state index in [0.29, 0.717) is 22.8 Å². The Balaban J connectivity index is 1.48. The molecule has 1 aliphatic rings. The fraction of sp³-hybridized carbons (Fsp3) is 0.240. The second-order valence-electron chi connectivity index (χ2n) is 7.60. The fourth-order valence-electron chi connectivity index (χ4n) is 3.80. The number of halogens is 1. The Morgan fingerprint density at radius 1 is 1.06 bits per heavy atom. The van der Waals surface area contributed by atoms with Crippen molar-refractivity contribution in [2.24, 2.45) is 0 Å². The minimum absolute atomic E-state index is 0.189. The molecule has 1 aliphatic heterocycles. The molecule has 3 unspecified atom stereocenters. The summed E-state index contributed by atoms with van der Waals surface area (Å²) in [6, 6.07) is 23.0. The van der Waals surface area contributed by atoms with Gasteiger partial charge in [0.15, 0.2) is 0 Å². The maximum Gasteiger partial charge on any atom is 0.249 e. The highest BCUT2D eigenvalue weighted by molar-refractivity contribution is 8.01. The Hall–Kier alpha value is -2.52. The zero-order valence-electron chi connectivity index (χ0n) is 17.9. The van der Waals surface area contributed by atoms with Gasteiger partial charge in [0.25, 0.3) is 0 Å². The first-order valence-corrected chi connectivity index (χ1v) is 12.9. The highest BCUT2D eigenvalue weighted by Crippen LogP contribution is 2.30. The lowest BCUT2D eigenvalue weighted by Crippen LogP contribution is -2.44. The highest BCUT2D eigenvalue weighted by Gasteiger charge is 2.36. The molecule has 1 amide bonds. The minimum Gasteiger partial charge on any atom is -0.396 e. The van der Waals surface area contributed by atoms with Gasteiger partial charge in [-0.25, -0.2) is 8.60 Å². The summed E-state index contributed by atoms with van der Waals surface area (Å²) in [5.74, 6) is -0.112. The largest absolute Gasteiger partial charge is 0.396 e. The standard InChI is InChI=1S/C25H25FN2O3S2/c26-22-9-5-4-8-21(22)23(14-16-29)27-24(30)25-28(15-17-32-25)33(31)20-12-10-19(11-13-20)18-6-2-1-3-7-18/h1-13,23,25,29H,14-17H2,(H,27,30). The topological polar surface area (TPSA) is 69.6 Å². The van der Waals surface area contributed by atoms with Gasteiger partial charge >= 0.3 is 0 Å². The monoisotopic (exact) mass is 484 g/mol. The van der Waals surface area contributed by atoms with Crippen LogP contribution in [0, 0.1) is 5.82 Å². The molecule has 0 aliphatic carbocycles. The van der Waals surface area contributed by atoms with Crippen LogP contribution in [0.2, 0.25) is 0 Å². The number of nitrogens with one attached hydrogen (secondary N) is 1. The molecule has 1 fully saturated rings. The van der Waals surface area contributed by atoms with Crippen LogP contribution in [0.1, 0.15) is 18.0 Å². The first kappa shape index (κ1) is 23.6. The Kier molecular flexibility index (Phi) is 7.93. The van der Waals surface area contributed by atoms with Crippen LogP contribution < -0.4 is 5.32 Å². The number of nitrogens with zero attached hydrogens (tertiary/aromatic N) is 1. The van der Waals surface area contributed by atoms with Crippen molar-refractivity contribution >= 4 is 28.7 Å². The predicted octanol–water partition coefficient (Wildman–Crippen LogP) is 4.13. The van der Waals surface area contributed by atoms with Crippen molar-refractivity contribution in [1.29, 1.82) is 0 Å². The van der Waals surface area contributed by atoms with E-state index in [1.54, 1.807) is 22.5 Å². The minimum atomic E-state index is -1.51. The molecular weight excluding hydrogens is 459 g/mol. The van der Waals surface area contributed by atoms with Crippen LogP contribution in [0.3, 0.4) is 0 Å². The molecule has 5 nitrogen and oxygen atoms in total. The second-order valence-corrected chi connectivity index (χ2v) is 10.2. The summed E-state index contributed by atoms with van der Waals surface area (Å²) < 4.78 is 29.2. The van der Waals surface area contributed by atoms with E-state index in [4.69, 9.17) is 0 Å². The number of aliphatic hydroxyl groups is 1. The van der Waals surface area contributed by atoms with E-state index in [1.165, 1.54) is 17.8 Å². The van der Waals surface area contributed by atoms with Gasteiger partial charge in [0.1, 0.15) is 22.2 Å². The number of carbonyl (C=O) groups excluding carboxylic acids is 1. The molecule has 172 valence electrons. The molecule has 2 N–H and O–H groups in total. The number of thioether (sulfide) groups is 1. The van der Waals surface area contributed by atoms with Crippen LogP contribution in [0.4, 0.5) is 4.39 Å². The highest BCUT2D eigenvalue weighted by atomic mass is 32.2. The van der Waals surface area contributed by atoms with E-state index in [-0.39, 0.29) is 18.9 Å². The van der Waals surface area contributed by atoms with Crippen LogP contribution in [0.5, 0.6) is 0 Å². The number of hydrogen-bond donors (Lipinski definition) is 2. The maximum atomic E-state index is 14.3. The van der Waals surface area contributed by atoms with Gasteiger partial charge in [0, 0.05) is 24.5 Å². The molecule has 1 saturated heterocycles. The SMILES string of the molecule is O=C(NC(CCO)c1ccccc1F)C1SCCN1S(=O)c1ccc(-c2ccccc2)cc1. The number of hydrogen-bond acceptors (Lipinski definition) is 4. The van der Waals surface area contributed by atoms with Gasteiger partial charge in [0.2, 0.25) is 5.91 Å². The van der Waals surface area contributed by atoms with E-state index in [1.807, 2.05) is 54.6 Å². The number of rotatable bonds is 8. The molecule has 33 heavy (non-hydrogen) atoms. The lowest BCUT2D eigenvalue weighted by atomic mass is 10.0. The molecule has 8 heteroatoms. The smallest absolute Gasteiger partial charge is 0.249 e. The van der Waals surface area contributed by atoms with Crippen molar-refractivity contribution in [3.8, 4) is 11.1 Å². The zero-order chi connectivity index (χ0) is 23.2. The summed E-state index contributed by atoms with van der Waals surface area (Å²) in [6.45, 7) is 0.306. The van der Waals surface area contributed by atoms with E-state index in [9.17, 15) is 18.5 Å². The van der Waals surface area contributed by atoms with Gasteiger partial charge in [-0.3, -0.25) is 4.79 Å². The molecule has 0 saturated carbocycles. The average molecular weight is 485 g/mol. The Bertz CT molecular complexity index is 1110. The van der Waals surface area contributed by atoms with Crippen LogP contribution in [-0.4, -0.2) is 43.8 Å². The number of benzene rings is 3. The summed E-state index contributed by atoms with van der Waals surface area (Å²) in [7, 11) is -1.51. The van der Waals surface area contributed by atoms with E-state index < -0.39 is 28.2 Å². The van der Waals surface area contributed by atoms with Crippen molar-refractivity contribution in [2.45, 2.75) is 22.7 Å². The van der Waals surface area contributed by atoms with Crippen LogP contribution in [0.15, 0.2) is 83.8 Å². The van der Waals surface area contributed by atoms with Gasteiger partial charge in [-0.05, 0) is 35.7 Å². The Labute approximate surface area is 199 Å². The summed E-state index contributed by atoms with van der Waals surface area (Å²) in [6.07, 6.45) is 0.189. The normalized spacial score (nSPS) is 18.1. The van der Waals surface area contributed by atoms with E-state index in [2.05, 4.69) is 5.32 Å².